The quantitative estimate of drug-likeness (QED) is 0.913. The maximum atomic E-state index is 12.3. The maximum Gasteiger partial charge on any atom is 0.253 e. The largest absolute Gasteiger partial charge is 0.341 e. The molecule has 0 saturated heterocycles. The van der Waals surface area contributed by atoms with Crippen LogP contribution in [0.15, 0.2) is 18.2 Å². The highest BCUT2D eigenvalue weighted by Gasteiger charge is 2.22. The highest BCUT2D eigenvalue weighted by Crippen LogP contribution is 2.19. The maximum absolute atomic E-state index is 12.3. The van der Waals surface area contributed by atoms with E-state index in [1.54, 1.807) is 30.1 Å². The first-order valence-electron chi connectivity index (χ1n) is 5.98. The lowest BCUT2D eigenvalue weighted by atomic mass is 9.93. The minimum atomic E-state index is -0.0786. The lowest BCUT2D eigenvalue weighted by Crippen LogP contribution is -2.39. The first-order valence-corrected chi connectivity index (χ1v) is 6.36. The van der Waals surface area contributed by atoms with Crippen molar-refractivity contribution in [2.24, 2.45) is 11.1 Å². The van der Waals surface area contributed by atoms with Crippen molar-refractivity contribution in [2.75, 3.05) is 20.1 Å². The molecule has 1 amide bonds. The number of hydrogen-bond donors (Lipinski definition) is 1. The van der Waals surface area contributed by atoms with Gasteiger partial charge in [-0.1, -0.05) is 25.4 Å². The average Bonchev–Trinajstić information content (AvgIpc) is 2.27. The number of halogens is 1. The van der Waals surface area contributed by atoms with Crippen LogP contribution in [0.1, 0.15) is 29.8 Å². The van der Waals surface area contributed by atoms with Gasteiger partial charge >= 0.3 is 0 Å². The molecular formula is C14H21ClN2O. The second-order valence-electron chi connectivity index (χ2n) is 5.49. The second kappa shape index (κ2) is 5.72. The highest BCUT2D eigenvalue weighted by molar-refractivity contribution is 6.30. The van der Waals surface area contributed by atoms with E-state index in [-0.39, 0.29) is 11.3 Å². The van der Waals surface area contributed by atoms with Gasteiger partial charge in [0.05, 0.1) is 0 Å². The van der Waals surface area contributed by atoms with Crippen molar-refractivity contribution in [3.8, 4) is 0 Å². The van der Waals surface area contributed by atoms with Crippen LogP contribution in [-0.4, -0.2) is 30.9 Å². The van der Waals surface area contributed by atoms with Crippen LogP contribution < -0.4 is 5.73 Å². The summed E-state index contributed by atoms with van der Waals surface area (Å²) in [5.41, 5.74) is 7.19. The van der Waals surface area contributed by atoms with Crippen molar-refractivity contribution in [3.63, 3.8) is 0 Å². The molecule has 0 bridgehead atoms. The summed E-state index contributed by atoms with van der Waals surface area (Å²) >= 11 is 5.89. The van der Waals surface area contributed by atoms with E-state index in [1.807, 2.05) is 20.8 Å². The van der Waals surface area contributed by atoms with Crippen LogP contribution in [0.4, 0.5) is 0 Å². The predicted octanol–water partition coefficient (Wildman–Crippen LogP) is 2.71. The van der Waals surface area contributed by atoms with E-state index in [2.05, 4.69) is 0 Å². The van der Waals surface area contributed by atoms with E-state index in [9.17, 15) is 4.79 Å². The molecule has 0 atom stereocenters. The van der Waals surface area contributed by atoms with Crippen molar-refractivity contribution in [1.29, 1.82) is 0 Å². The Kier molecular flexibility index (Phi) is 4.77. The van der Waals surface area contributed by atoms with Crippen LogP contribution in [0.2, 0.25) is 5.02 Å². The van der Waals surface area contributed by atoms with Crippen LogP contribution in [0.3, 0.4) is 0 Å². The third-order valence-electron chi connectivity index (χ3n) is 2.98. The molecule has 1 aromatic rings. The molecule has 2 N–H and O–H groups in total. The summed E-state index contributed by atoms with van der Waals surface area (Å²) in [7, 11) is 1.80. The molecule has 0 aromatic heterocycles. The molecule has 0 saturated carbocycles. The van der Waals surface area contributed by atoms with Gasteiger partial charge in [-0.05, 0) is 42.6 Å². The summed E-state index contributed by atoms with van der Waals surface area (Å²) in [6.07, 6.45) is 0. The summed E-state index contributed by atoms with van der Waals surface area (Å²) < 4.78 is 0. The third-order valence-corrected chi connectivity index (χ3v) is 3.22. The van der Waals surface area contributed by atoms with Gasteiger partial charge in [0.15, 0.2) is 0 Å². The Balaban J connectivity index is 2.87. The minimum Gasteiger partial charge on any atom is -0.341 e. The molecule has 1 aromatic carbocycles. The Hall–Kier alpha value is -1.06. The molecule has 0 fully saturated rings. The smallest absolute Gasteiger partial charge is 0.253 e. The summed E-state index contributed by atoms with van der Waals surface area (Å²) in [6, 6.07) is 5.31. The van der Waals surface area contributed by atoms with E-state index in [0.29, 0.717) is 23.7 Å². The lowest BCUT2D eigenvalue weighted by Gasteiger charge is -2.29. The molecule has 18 heavy (non-hydrogen) atoms. The molecule has 4 heteroatoms. The zero-order chi connectivity index (χ0) is 13.9. The number of rotatable bonds is 4. The fourth-order valence-electron chi connectivity index (χ4n) is 1.85. The first-order chi connectivity index (χ1) is 8.26. The fourth-order valence-corrected chi connectivity index (χ4v) is 2.08. The monoisotopic (exact) mass is 268 g/mol. The van der Waals surface area contributed by atoms with Gasteiger partial charge in [0.2, 0.25) is 0 Å². The average molecular weight is 269 g/mol. The molecule has 3 nitrogen and oxygen atoms in total. The number of benzene rings is 1. The van der Waals surface area contributed by atoms with Crippen LogP contribution in [-0.2, 0) is 0 Å². The van der Waals surface area contributed by atoms with Crippen molar-refractivity contribution in [1.82, 2.24) is 4.90 Å². The van der Waals surface area contributed by atoms with Crippen molar-refractivity contribution in [3.05, 3.63) is 34.3 Å². The molecule has 0 aliphatic heterocycles. The van der Waals surface area contributed by atoms with Gasteiger partial charge in [-0.15, -0.1) is 0 Å². The number of nitrogens with zero attached hydrogens (tertiary/aromatic N) is 1. The first kappa shape index (κ1) is 15.0. The predicted molar refractivity (Wildman–Crippen MR) is 76.0 cm³/mol. The number of aryl methyl sites for hydroxylation is 1. The van der Waals surface area contributed by atoms with E-state index in [1.165, 1.54) is 0 Å². The van der Waals surface area contributed by atoms with Crippen molar-refractivity contribution in [2.45, 2.75) is 20.8 Å². The topological polar surface area (TPSA) is 46.3 Å². The molecule has 100 valence electrons. The van der Waals surface area contributed by atoms with Crippen molar-refractivity contribution >= 4 is 17.5 Å². The Morgan fingerprint density at radius 1 is 1.44 bits per heavy atom. The Bertz CT molecular complexity index is 443. The van der Waals surface area contributed by atoms with E-state index < -0.39 is 0 Å². The number of amides is 1. The number of nitrogens with two attached hydrogens (primary N) is 1. The molecule has 0 heterocycles. The zero-order valence-electron chi connectivity index (χ0n) is 11.5. The lowest BCUT2D eigenvalue weighted by molar-refractivity contribution is 0.0740. The summed E-state index contributed by atoms with van der Waals surface area (Å²) in [6.45, 7) is 7.16. The van der Waals surface area contributed by atoms with E-state index in [4.69, 9.17) is 17.3 Å². The SMILES string of the molecule is Cc1cc(Cl)ccc1C(=O)N(C)CC(C)(C)CN. The number of carbonyl (C=O) groups excluding carboxylic acids is 1. The Morgan fingerprint density at radius 3 is 2.56 bits per heavy atom. The molecule has 0 spiro atoms. The van der Waals surface area contributed by atoms with Crippen LogP contribution in [0.25, 0.3) is 0 Å². The van der Waals surface area contributed by atoms with Gasteiger partial charge < -0.3 is 10.6 Å². The highest BCUT2D eigenvalue weighted by atomic mass is 35.5. The molecule has 0 aliphatic carbocycles. The van der Waals surface area contributed by atoms with Gasteiger partial charge in [-0.3, -0.25) is 4.79 Å². The third kappa shape index (κ3) is 3.72. The summed E-state index contributed by atoms with van der Waals surface area (Å²) in [5.74, 6) is 0.00527. The number of carbonyl (C=O) groups is 1. The molecular weight excluding hydrogens is 248 g/mol. The minimum absolute atomic E-state index is 0.00527. The summed E-state index contributed by atoms with van der Waals surface area (Å²) in [5, 5.41) is 0.647. The molecule has 1 rings (SSSR count). The fraction of sp³-hybridized carbons (Fsp3) is 0.500. The Labute approximate surface area is 114 Å². The van der Waals surface area contributed by atoms with Crippen LogP contribution in [0.5, 0.6) is 0 Å². The van der Waals surface area contributed by atoms with Gasteiger partial charge in [0.1, 0.15) is 0 Å². The van der Waals surface area contributed by atoms with Gasteiger partial charge in [0.25, 0.3) is 5.91 Å². The van der Waals surface area contributed by atoms with Gasteiger partial charge in [0, 0.05) is 24.2 Å². The van der Waals surface area contributed by atoms with Crippen LogP contribution in [0, 0.1) is 12.3 Å². The zero-order valence-corrected chi connectivity index (χ0v) is 12.2. The second-order valence-corrected chi connectivity index (χ2v) is 5.93. The van der Waals surface area contributed by atoms with E-state index in [0.717, 1.165) is 5.56 Å². The van der Waals surface area contributed by atoms with Gasteiger partial charge in [-0.2, -0.15) is 0 Å². The van der Waals surface area contributed by atoms with E-state index >= 15 is 0 Å². The molecule has 0 aliphatic rings. The summed E-state index contributed by atoms with van der Waals surface area (Å²) in [4.78, 5) is 14.0. The van der Waals surface area contributed by atoms with Crippen molar-refractivity contribution < 1.29 is 4.79 Å². The van der Waals surface area contributed by atoms with Crippen LogP contribution >= 0.6 is 11.6 Å². The number of hydrogen-bond acceptors (Lipinski definition) is 2. The molecule has 0 radical (unpaired) electrons. The standard InChI is InChI=1S/C14H21ClN2O/c1-10-7-11(15)5-6-12(10)13(18)17(4)9-14(2,3)8-16/h5-7H,8-9,16H2,1-4H3. The normalized spacial score (nSPS) is 11.4. The van der Waals surface area contributed by atoms with Gasteiger partial charge in [-0.25, -0.2) is 0 Å². The Morgan fingerprint density at radius 2 is 2.06 bits per heavy atom. The molecule has 0 unspecified atom stereocenters.